The molecule has 1 aliphatic rings. The summed E-state index contributed by atoms with van der Waals surface area (Å²) in [6.45, 7) is 4.25. The summed E-state index contributed by atoms with van der Waals surface area (Å²) in [5, 5.41) is 8.23. The van der Waals surface area contributed by atoms with Gasteiger partial charge in [0.25, 0.3) is 0 Å². The number of aromatic nitrogens is 3. The fourth-order valence-electron chi connectivity index (χ4n) is 2.70. The van der Waals surface area contributed by atoms with Crippen molar-refractivity contribution in [3.63, 3.8) is 0 Å². The Morgan fingerprint density at radius 3 is 2.82 bits per heavy atom. The molecule has 1 aromatic heterocycles. The van der Waals surface area contributed by atoms with E-state index >= 15 is 0 Å². The Hall–Kier alpha value is -1.10. The third kappa shape index (κ3) is 2.44. The standard InChI is InChI=1S/C12H22N4O/c1-8(2)11-12(13)14-15-16(11)9-5-4-6-10(7-9)17-3/h8-10H,4-7,13H2,1-3H3. The molecule has 1 aliphatic carbocycles. The van der Waals surface area contributed by atoms with Crippen LogP contribution in [0, 0.1) is 0 Å². The van der Waals surface area contributed by atoms with Crippen LogP contribution in [0.1, 0.15) is 57.2 Å². The van der Waals surface area contributed by atoms with E-state index < -0.39 is 0 Å². The van der Waals surface area contributed by atoms with Gasteiger partial charge in [0.2, 0.25) is 0 Å². The third-order valence-corrected chi connectivity index (χ3v) is 3.58. The maximum atomic E-state index is 5.89. The summed E-state index contributed by atoms with van der Waals surface area (Å²) in [4.78, 5) is 0. The van der Waals surface area contributed by atoms with E-state index in [1.165, 1.54) is 6.42 Å². The van der Waals surface area contributed by atoms with Crippen LogP contribution in [0.4, 0.5) is 5.82 Å². The fourth-order valence-corrected chi connectivity index (χ4v) is 2.70. The number of nitrogens with zero attached hydrogens (tertiary/aromatic N) is 3. The third-order valence-electron chi connectivity index (χ3n) is 3.58. The van der Waals surface area contributed by atoms with E-state index in [1.54, 1.807) is 7.11 Å². The number of hydrogen-bond donors (Lipinski definition) is 1. The first kappa shape index (κ1) is 12.4. The Labute approximate surface area is 102 Å². The maximum Gasteiger partial charge on any atom is 0.169 e. The Bertz CT molecular complexity index is 375. The van der Waals surface area contributed by atoms with Crippen molar-refractivity contribution in [2.45, 2.75) is 57.6 Å². The summed E-state index contributed by atoms with van der Waals surface area (Å²) in [5.41, 5.74) is 6.95. The largest absolute Gasteiger partial charge is 0.381 e. The van der Waals surface area contributed by atoms with Gasteiger partial charge >= 0.3 is 0 Å². The van der Waals surface area contributed by atoms with Gasteiger partial charge in [-0.1, -0.05) is 19.1 Å². The second-order valence-electron chi connectivity index (χ2n) is 5.14. The first-order valence-corrected chi connectivity index (χ1v) is 6.36. The molecular weight excluding hydrogens is 216 g/mol. The Balaban J connectivity index is 2.21. The minimum atomic E-state index is 0.346. The number of ether oxygens (including phenoxy) is 1. The molecule has 0 amide bonds. The lowest BCUT2D eigenvalue weighted by molar-refractivity contribution is 0.0498. The molecule has 5 heteroatoms. The van der Waals surface area contributed by atoms with Crippen molar-refractivity contribution < 1.29 is 4.74 Å². The average molecular weight is 238 g/mol. The highest BCUT2D eigenvalue weighted by Crippen LogP contribution is 2.33. The molecule has 1 saturated carbocycles. The Morgan fingerprint density at radius 2 is 2.18 bits per heavy atom. The van der Waals surface area contributed by atoms with Gasteiger partial charge in [0.15, 0.2) is 5.82 Å². The quantitative estimate of drug-likeness (QED) is 0.876. The molecule has 1 aromatic rings. The second-order valence-corrected chi connectivity index (χ2v) is 5.14. The highest BCUT2D eigenvalue weighted by Gasteiger charge is 2.27. The van der Waals surface area contributed by atoms with Crippen molar-refractivity contribution in [2.75, 3.05) is 12.8 Å². The number of methoxy groups -OCH3 is 1. The molecule has 0 saturated heterocycles. The molecule has 2 atom stereocenters. The van der Waals surface area contributed by atoms with Crippen LogP contribution in [0.25, 0.3) is 0 Å². The average Bonchev–Trinajstić information content (AvgIpc) is 2.71. The van der Waals surface area contributed by atoms with Gasteiger partial charge in [-0.2, -0.15) is 0 Å². The molecule has 2 rings (SSSR count). The number of hydrogen-bond acceptors (Lipinski definition) is 4. The van der Waals surface area contributed by atoms with E-state index in [2.05, 4.69) is 24.2 Å². The predicted molar refractivity (Wildman–Crippen MR) is 66.8 cm³/mol. The minimum absolute atomic E-state index is 0.346. The van der Waals surface area contributed by atoms with Gasteiger partial charge in [0.05, 0.1) is 17.8 Å². The smallest absolute Gasteiger partial charge is 0.169 e. The van der Waals surface area contributed by atoms with E-state index in [0.717, 1.165) is 25.0 Å². The van der Waals surface area contributed by atoms with Gasteiger partial charge in [0.1, 0.15) is 0 Å². The lowest BCUT2D eigenvalue weighted by Crippen LogP contribution is -2.26. The Morgan fingerprint density at radius 1 is 1.41 bits per heavy atom. The molecule has 1 fully saturated rings. The van der Waals surface area contributed by atoms with Crippen molar-refractivity contribution in [1.82, 2.24) is 15.0 Å². The molecule has 2 N–H and O–H groups in total. The van der Waals surface area contributed by atoms with Crippen molar-refractivity contribution in [3.8, 4) is 0 Å². The van der Waals surface area contributed by atoms with Gasteiger partial charge in [-0.3, -0.25) is 0 Å². The summed E-state index contributed by atoms with van der Waals surface area (Å²) < 4.78 is 7.48. The summed E-state index contributed by atoms with van der Waals surface area (Å²) in [7, 11) is 1.78. The van der Waals surface area contributed by atoms with Crippen LogP contribution in [0.5, 0.6) is 0 Å². The number of rotatable bonds is 3. The Kier molecular flexibility index (Phi) is 3.66. The maximum absolute atomic E-state index is 5.89. The van der Waals surface area contributed by atoms with Crippen molar-refractivity contribution in [1.29, 1.82) is 0 Å². The summed E-state index contributed by atoms with van der Waals surface area (Å²) >= 11 is 0. The molecule has 0 bridgehead atoms. The van der Waals surface area contributed by atoms with Crippen molar-refractivity contribution in [2.24, 2.45) is 0 Å². The molecule has 17 heavy (non-hydrogen) atoms. The van der Waals surface area contributed by atoms with Gasteiger partial charge in [-0.15, -0.1) is 5.10 Å². The number of nitrogen functional groups attached to an aromatic ring is 1. The lowest BCUT2D eigenvalue weighted by atomic mass is 9.92. The lowest BCUT2D eigenvalue weighted by Gasteiger charge is -2.29. The fraction of sp³-hybridized carbons (Fsp3) is 0.833. The second kappa shape index (κ2) is 5.04. The van der Waals surface area contributed by atoms with Crippen LogP contribution in [0.15, 0.2) is 0 Å². The molecule has 2 unspecified atom stereocenters. The summed E-state index contributed by atoms with van der Waals surface area (Å²) in [6, 6.07) is 0.385. The monoisotopic (exact) mass is 238 g/mol. The minimum Gasteiger partial charge on any atom is -0.381 e. The van der Waals surface area contributed by atoms with E-state index in [9.17, 15) is 0 Å². The SMILES string of the molecule is COC1CCCC(n2nnc(N)c2C(C)C)C1. The molecule has 96 valence electrons. The molecule has 0 radical (unpaired) electrons. The van der Waals surface area contributed by atoms with Crippen LogP contribution in [0.2, 0.25) is 0 Å². The summed E-state index contributed by atoms with van der Waals surface area (Å²) in [5.74, 6) is 0.924. The molecule has 0 aromatic carbocycles. The zero-order chi connectivity index (χ0) is 12.4. The predicted octanol–water partition coefficient (Wildman–Crippen LogP) is 2.11. The van der Waals surface area contributed by atoms with E-state index in [1.807, 2.05) is 4.68 Å². The van der Waals surface area contributed by atoms with E-state index in [-0.39, 0.29) is 0 Å². The van der Waals surface area contributed by atoms with Crippen molar-refractivity contribution >= 4 is 5.82 Å². The molecule has 0 aliphatic heterocycles. The highest BCUT2D eigenvalue weighted by atomic mass is 16.5. The summed E-state index contributed by atoms with van der Waals surface area (Å²) in [6.07, 6.45) is 4.83. The first-order chi connectivity index (χ1) is 8.13. The van der Waals surface area contributed by atoms with E-state index in [4.69, 9.17) is 10.5 Å². The molecular formula is C12H22N4O. The van der Waals surface area contributed by atoms with Crippen LogP contribution >= 0.6 is 0 Å². The zero-order valence-corrected chi connectivity index (χ0v) is 10.9. The zero-order valence-electron chi connectivity index (χ0n) is 10.9. The normalized spacial score (nSPS) is 25.4. The van der Waals surface area contributed by atoms with Crippen LogP contribution < -0.4 is 5.73 Å². The van der Waals surface area contributed by atoms with Crippen molar-refractivity contribution in [3.05, 3.63) is 5.69 Å². The number of nitrogens with two attached hydrogens (primary N) is 1. The highest BCUT2D eigenvalue weighted by molar-refractivity contribution is 5.35. The topological polar surface area (TPSA) is 66.0 Å². The van der Waals surface area contributed by atoms with Gasteiger partial charge in [-0.05, 0) is 31.6 Å². The first-order valence-electron chi connectivity index (χ1n) is 6.36. The van der Waals surface area contributed by atoms with Gasteiger partial charge in [-0.25, -0.2) is 4.68 Å². The molecule has 5 nitrogen and oxygen atoms in total. The van der Waals surface area contributed by atoms with E-state index in [0.29, 0.717) is 23.9 Å². The van der Waals surface area contributed by atoms with Crippen LogP contribution in [-0.4, -0.2) is 28.2 Å². The van der Waals surface area contributed by atoms with Gasteiger partial charge in [0, 0.05) is 7.11 Å². The number of anilines is 1. The van der Waals surface area contributed by atoms with Crippen LogP contribution in [-0.2, 0) is 4.74 Å². The molecule has 1 heterocycles. The van der Waals surface area contributed by atoms with Gasteiger partial charge < -0.3 is 10.5 Å². The van der Waals surface area contributed by atoms with Crippen LogP contribution in [0.3, 0.4) is 0 Å². The molecule has 0 spiro atoms.